The molecule has 1 aromatic carbocycles. The first kappa shape index (κ1) is 10.7. The maximum Gasteiger partial charge on any atom is 0.0555 e. The van der Waals surface area contributed by atoms with Crippen molar-refractivity contribution in [1.29, 1.82) is 0 Å². The summed E-state index contributed by atoms with van der Waals surface area (Å²) in [6, 6.07) is 8.29. The summed E-state index contributed by atoms with van der Waals surface area (Å²) in [5, 5.41) is 11.7. The van der Waals surface area contributed by atoms with Gasteiger partial charge in [0.05, 0.1) is 6.61 Å². The molecule has 0 spiro atoms. The summed E-state index contributed by atoms with van der Waals surface area (Å²) >= 11 is 3.39. The monoisotopic (exact) mass is 243 g/mol. The highest BCUT2D eigenvalue weighted by atomic mass is 79.9. The van der Waals surface area contributed by atoms with Crippen molar-refractivity contribution in [3.05, 3.63) is 34.3 Å². The van der Waals surface area contributed by atoms with Gasteiger partial charge in [0.25, 0.3) is 0 Å². The predicted molar refractivity (Wildman–Crippen MR) is 57.8 cm³/mol. The Bertz CT molecular complexity index is 235. The van der Waals surface area contributed by atoms with Crippen molar-refractivity contribution < 1.29 is 5.11 Å². The van der Waals surface area contributed by atoms with Crippen LogP contribution >= 0.6 is 15.9 Å². The van der Waals surface area contributed by atoms with E-state index in [-0.39, 0.29) is 6.61 Å². The SMILES string of the molecule is OCCNCCc1ccc(Br)cc1. The first-order valence-electron chi connectivity index (χ1n) is 4.39. The fourth-order valence-corrected chi connectivity index (χ4v) is 1.35. The van der Waals surface area contributed by atoms with Gasteiger partial charge in [-0.25, -0.2) is 0 Å². The van der Waals surface area contributed by atoms with Gasteiger partial charge < -0.3 is 10.4 Å². The number of aliphatic hydroxyl groups excluding tert-OH is 1. The molecule has 0 aliphatic carbocycles. The first-order chi connectivity index (χ1) is 6.33. The second-order valence-corrected chi connectivity index (χ2v) is 3.77. The molecule has 13 heavy (non-hydrogen) atoms. The lowest BCUT2D eigenvalue weighted by molar-refractivity contribution is 0.293. The number of hydrogen-bond donors (Lipinski definition) is 2. The van der Waals surface area contributed by atoms with E-state index in [9.17, 15) is 0 Å². The molecule has 1 rings (SSSR count). The molecule has 1 aromatic rings. The summed E-state index contributed by atoms with van der Waals surface area (Å²) < 4.78 is 1.11. The van der Waals surface area contributed by atoms with Crippen molar-refractivity contribution in [3.8, 4) is 0 Å². The van der Waals surface area contributed by atoms with Gasteiger partial charge in [0, 0.05) is 11.0 Å². The number of nitrogens with one attached hydrogen (secondary N) is 1. The number of benzene rings is 1. The van der Waals surface area contributed by atoms with Gasteiger partial charge >= 0.3 is 0 Å². The van der Waals surface area contributed by atoms with Crippen molar-refractivity contribution in [2.75, 3.05) is 19.7 Å². The van der Waals surface area contributed by atoms with E-state index in [0.29, 0.717) is 6.54 Å². The van der Waals surface area contributed by atoms with E-state index in [4.69, 9.17) is 5.11 Å². The highest BCUT2D eigenvalue weighted by Crippen LogP contribution is 2.10. The average molecular weight is 244 g/mol. The van der Waals surface area contributed by atoms with Gasteiger partial charge in [-0.05, 0) is 30.7 Å². The summed E-state index contributed by atoms with van der Waals surface area (Å²) in [7, 11) is 0. The molecule has 0 aliphatic heterocycles. The molecule has 0 fully saturated rings. The molecule has 3 heteroatoms. The quantitative estimate of drug-likeness (QED) is 0.770. The molecular weight excluding hydrogens is 230 g/mol. The number of rotatable bonds is 5. The maximum absolute atomic E-state index is 8.53. The van der Waals surface area contributed by atoms with Gasteiger partial charge in [-0.3, -0.25) is 0 Å². The van der Waals surface area contributed by atoms with Crippen LogP contribution in [0.1, 0.15) is 5.56 Å². The van der Waals surface area contributed by atoms with Crippen LogP contribution in [0, 0.1) is 0 Å². The van der Waals surface area contributed by atoms with E-state index in [2.05, 4.69) is 33.4 Å². The Labute approximate surface area is 87.1 Å². The third kappa shape index (κ3) is 4.41. The molecule has 2 N–H and O–H groups in total. The van der Waals surface area contributed by atoms with Crippen molar-refractivity contribution in [1.82, 2.24) is 5.32 Å². The molecule has 0 unspecified atom stereocenters. The minimum Gasteiger partial charge on any atom is -0.395 e. The Balaban J connectivity index is 2.25. The molecule has 0 bridgehead atoms. The van der Waals surface area contributed by atoms with Crippen LogP contribution in [0.15, 0.2) is 28.7 Å². The van der Waals surface area contributed by atoms with Crippen LogP contribution in [-0.4, -0.2) is 24.8 Å². The third-order valence-corrected chi connectivity index (χ3v) is 2.32. The van der Waals surface area contributed by atoms with Crippen LogP contribution in [0.25, 0.3) is 0 Å². The molecule has 0 radical (unpaired) electrons. The molecular formula is C10H14BrNO. The third-order valence-electron chi connectivity index (χ3n) is 1.79. The van der Waals surface area contributed by atoms with Gasteiger partial charge in [0.15, 0.2) is 0 Å². The number of halogens is 1. The molecule has 0 heterocycles. The lowest BCUT2D eigenvalue weighted by Gasteiger charge is -2.02. The van der Waals surface area contributed by atoms with Crippen LogP contribution in [0.2, 0.25) is 0 Å². The Morgan fingerprint density at radius 3 is 2.46 bits per heavy atom. The van der Waals surface area contributed by atoms with Crippen molar-refractivity contribution in [3.63, 3.8) is 0 Å². The zero-order chi connectivity index (χ0) is 9.52. The molecule has 72 valence electrons. The largest absolute Gasteiger partial charge is 0.395 e. The summed E-state index contributed by atoms with van der Waals surface area (Å²) in [5.41, 5.74) is 1.31. The number of hydrogen-bond acceptors (Lipinski definition) is 2. The van der Waals surface area contributed by atoms with E-state index >= 15 is 0 Å². The van der Waals surface area contributed by atoms with E-state index < -0.39 is 0 Å². The Kier molecular flexibility index (Phi) is 5.05. The second-order valence-electron chi connectivity index (χ2n) is 2.85. The average Bonchev–Trinajstić information content (AvgIpc) is 2.15. The number of aliphatic hydroxyl groups is 1. The molecule has 0 saturated heterocycles. The molecule has 0 aromatic heterocycles. The topological polar surface area (TPSA) is 32.3 Å². The van der Waals surface area contributed by atoms with Crippen molar-refractivity contribution in [2.45, 2.75) is 6.42 Å². The Morgan fingerprint density at radius 2 is 1.85 bits per heavy atom. The Hall–Kier alpha value is -0.380. The highest BCUT2D eigenvalue weighted by Gasteiger charge is 1.92. The van der Waals surface area contributed by atoms with E-state index in [1.165, 1.54) is 5.56 Å². The molecule has 0 amide bonds. The summed E-state index contributed by atoms with van der Waals surface area (Å²) in [4.78, 5) is 0. The summed E-state index contributed by atoms with van der Waals surface area (Å²) in [5.74, 6) is 0. The van der Waals surface area contributed by atoms with Crippen LogP contribution in [0.5, 0.6) is 0 Å². The normalized spacial score (nSPS) is 10.3. The minimum atomic E-state index is 0.209. The molecule has 0 atom stereocenters. The van der Waals surface area contributed by atoms with Crippen LogP contribution in [-0.2, 0) is 6.42 Å². The van der Waals surface area contributed by atoms with Crippen LogP contribution in [0.3, 0.4) is 0 Å². The van der Waals surface area contributed by atoms with E-state index in [0.717, 1.165) is 17.4 Å². The minimum absolute atomic E-state index is 0.209. The zero-order valence-corrected chi connectivity index (χ0v) is 9.05. The van der Waals surface area contributed by atoms with Gasteiger partial charge in [-0.15, -0.1) is 0 Å². The van der Waals surface area contributed by atoms with Crippen LogP contribution < -0.4 is 5.32 Å². The second kappa shape index (κ2) is 6.13. The van der Waals surface area contributed by atoms with Gasteiger partial charge in [0.2, 0.25) is 0 Å². The first-order valence-corrected chi connectivity index (χ1v) is 5.18. The highest BCUT2D eigenvalue weighted by molar-refractivity contribution is 9.10. The van der Waals surface area contributed by atoms with Gasteiger partial charge in [-0.1, -0.05) is 28.1 Å². The van der Waals surface area contributed by atoms with E-state index in [1.807, 2.05) is 12.1 Å². The van der Waals surface area contributed by atoms with Crippen molar-refractivity contribution >= 4 is 15.9 Å². The van der Waals surface area contributed by atoms with Crippen LogP contribution in [0.4, 0.5) is 0 Å². The summed E-state index contributed by atoms with van der Waals surface area (Å²) in [6.45, 7) is 1.80. The fourth-order valence-electron chi connectivity index (χ4n) is 1.09. The fraction of sp³-hybridized carbons (Fsp3) is 0.400. The van der Waals surface area contributed by atoms with Gasteiger partial charge in [0.1, 0.15) is 0 Å². The smallest absolute Gasteiger partial charge is 0.0555 e. The Morgan fingerprint density at radius 1 is 1.15 bits per heavy atom. The lowest BCUT2D eigenvalue weighted by atomic mass is 10.1. The molecule has 2 nitrogen and oxygen atoms in total. The molecule has 0 saturated carbocycles. The van der Waals surface area contributed by atoms with E-state index in [1.54, 1.807) is 0 Å². The zero-order valence-electron chi connectivity index (χ0n) is 7.46. The maximum atomic E-state index is 8.53. The standard InChI is InChI=1S/C10H14BrNO/c11-10-3-1-9(2-4-10)5-6-12-7-8-13/h1-4,12-13H,5-8H2. The summed E-state index contributed by atoms with van der Waals surface area (Å²) in [6.07, 6.45) is 1.01. The lowest BCUT2D eigenvalue weighted by Crippen LogP contribution is -2.20. The van der Waals surface area contributed by atoms with Crippen molar-refractivity contribution in [2.24, 2.45) is 0 Å². The van der Waals surface area contributed by atoms with Gasteiger partial charge in [-0.2, -0.15) is 0 Å². The predicted octanol–water partition coefficient (Wildman–Crippen LogP) is 1.57. The molecule has 0 aliphatic rings.